The molecule has 2 aromatic carbocycles. The molecule has 0 radical (unpaired) electrons. The molecular formula is C18H23NO2. The predicted octanol–water partition coefficient (Wildman–Crippen LogP) is 3.55. The average Bonchev–Trinajstić information content (AvgIpc) is 2.47. The second-order valence-corrected chi connectivity index (χ2v) is 5.17. The molecule has 21 heavy (non-hydrogen) atoms. The van der Waals surface area contributed by atoms with Crippen LogP contribution in [0.1, 0.15) is 25.0 Å². The number of nitrogens with two attached hydrogens (primary N) is 1. The molecule has 0 fully saturated rings. The van der Waals surface area contributed by atoms with Crippen molar-refractivity contribution in [1.82, 2.24) is 0 Å². The number of benzene rings is 2. The Hall–Kier alpha value is -2.00. The molecule has 3 nitrogen and oxygen atoms in total. The van der Waals surface area contributed by atoms with Crippen molar-refractivity contribution in [2.45, 2.75) is 32.9 Å². The Balaban J connectivity index is 2.10. The first-order chi connectivity index (χ1) is 10.2. The van der Waals surface area contributed by atoms with E-state index in [9.17, 15) is 0 Å². The van der Waals surface area contributed by atoms with Crippen molar-refractivity contribution in [3.8, 4) is 11.5 Å². The van der Waals surface area contributed by atoms with E-state index in [0.29, 0.717) is 13.2 Å². The molecule has 0 heterocycles. The summed E-state index contributed by atoms with van der Waals surface area (Å²) >= 11 is 0. The number of hydrogen-bond acceptors (Lipinski definition) is 3. The Morgan fingerprint density at radius 1 is 0.952 bits per heavy atom. The lowest BCUT2D eigenvalue weighted by Crippen LogP contribution is -2.17. The molecule has 1 unspecified atom stereocenters. The summed E-state index contributed by atoms with van der Waals surface area (Å²) in [5.41, 5.74) is 8.15. The van der Waals surface area contributed by atoms with Gasteiger partial charge in [0.05, 0.1) is 6.61 Å². The van der Waals surface area contributed by atoms with E-state index in [1.807, 2.05) is 62.4 Å². The maximum Gasteiger partial charge on any atom is 0.161 e. The van der Waals surface area contributed by atoms with Gasteiger partial charge in [-0.2, -0.15) is 0 Å². The van der Waals surface area contributed by atoms with Gasteiger partial charge in [0.25, 0.3) is 0 Å². The van der Waals surface area contributed by atoms with Crippen molar-refractivity contribution in [1.29, 1.82) is 0 Å². The summed E-state index contributed by atoms with van der Waals surface area (Å²) in [6, 6.07) is 16.3. The second kappa shape index (κ2) is 7.70. The van der Waals surface area contributed by atoms with Crippen molar-refractivity contribution in [2.24, 2.45) is 5.73 Å². The molecule has 0 amide bonds. The van der Waals surface area contributed by atoms with Gasteiger partial charge in [0.15, 0.2) is 11.5 Å². The maximum absolute atomic E-state index is 5.88. The van der Waals surface area contributed by atoms with Crippen LogP contribution < -0.4 is 15.2 Å². The van der Waals surface area contributed by atoms with Crippen LogP contribution in [0.2, 0.25) is 0 Å². The minimum absolute atomic E-state index is 0.135. The summed E-state index contributed by atoms with van der Waals surface area (Å²) in [7, 11) is 0. The molecule has 0 aliphatic rings. The van der Waals surface area contributed by atoms with Crippen LogP contribution in [0.5, 0.6) is 11.5 Å². The van der Waals surface area contributed by atoms with Gasteiger partial charge in [-0.3, -0.25) is 0 Å². The highest BCUT2D eigenvalue weighted by molar-refractivity contribution is 5.43. The van der Waals surface area contributed by atoms with Crippen LogP contribution in [0, 0.1) is 0 Å². The Labute approximate surface area is 126 Å². The molecule has 0 aliphatic heterocycles. The van der Waals surface area contributed by atoms with Crippen LogP contribution in [-0.2, 0) is 13.0 Å². The molecular weight excluding hydrogens is 262 g/mol. The minimum Gasteiger partial charge on any atom is -0.490 e. The fourth-order valence-corrected chi connectivity index (χ4v) is 2.17. The number of hydrogen-bond donors (Lipinski definition) is 1. The number of rotatable bonds is 7. The summed E-state index contributed by atoms with van der Waals surface area (Å²) in [4.78, 5) is 0. The summed E-state index contributed by atoms with van der Waals surface area (Å²) in [5, 5.41) is 0. The van der Waals surface area contributed by atoms with E-state index in [0.717, 1.165) is 23.5 Å². The van der Waals surface area contributed by atoms with E-state index in [1.54, 1.807) is 0 Å². The molecule has 2 aromatic rings. The zero-order valence-corrected chi connectivity index (χ0v) is 12.7. The molecule has 0 aromatic heterocycles. The van der Waals surface area contributed by atoms with E-state index in [4.69, 9.17) is 15.2 Å². The minimum atomic E-state index is 0.135. The second-order valence-electron chi connectivity index (χ2n) is 5.17. The highest BCUT2D eigenvalue weighted by atomic mass is 16.5. The van der Waals surface area contributed by atoms with Crippen LogP contribution in [0.4, 0.5) is 0 Å². The van der Waals surface area contributed by atoms with Crippen molar-refractivity contribution in [3.05, 3.63) is 59.7 Å². The summed E-state index contributed by atoms with van der Waals surface area (Å²) in [6.07, 6.45) is 0.832. The fraction of sp³-hybridized carbons (Fsp3) is 0.333. The molecule has 3 heteroatoms. The predicted molar refractivity (Wildman–Crippen MR) is 85.7 cm³/mol. The van der Waals surface area contributed by atoms with Crippen molar-refractivity contribution < 1.29 is 9.47 Å². The van der Waals surface area contributed by atoms with Gasteiger partial charge in [-0.25, -0.2) is 0 Å². The largest absolute Gasteiger partial charge is 0.490 e. The fourth-order valence-electron chi connectivity index (χ4n) is 2.17. The van der Waals surface area contributed by atoms with Crippen molar-refractivity contribution in [2.75, 3.05) is 6.61 Å². The van der Waals surface area contributed by atoms with Crippen LogP contribution in [-0.4, -0.2) is 12.6 Å². The molecule has 0 aliphatic carbocycles. The summed E-state index contributed by atoms with van der Waals surface area (Å²) < 4.78 is 11.6. The van der Waals surface area contributed by atoms with E-state index in [-0.39, 0.29) is 6.04 Å². The highest BCUT2D eigenvalue weighted by Crippen LogP contribution is 2.29. The maximum atomic E-state index is 5.88. The SMILES string of the molecule is CCOc1cc(CC(C)N)ccc1OCc1ccccc1. The monoisotopic (exact) mass is 285 g/mol. The number of ether oxygens (including phenoxy) is 2. The zero-order chi connectivity index (χ0) is 15.1. The third-order valence-corrected chi connectivity index (χ3v) is 3.10. The standard InChI is InChI=1S/C18H23NO2/c1-3-20-18-12-16(11-14(2)19)9-10-17(18)21-13-15-7-5-4-6-8-15/h4-10,12,14H,3,11,13,19H2,1-2H3. The van der Waals surface area contributed by atoms with Crippen molar-refractivity contribution in [3.63, 3.8) is 0 Å². The molecule has 0 saturated heterocycles. The first-order valence-corrected chi connectivity index (χ1v) is 7.37. The lowest BCUT2D eigenvalue weighted by atomic mass is 10.1. The summed E-state index contributed by atoms with van der Waals surface area (Å²) in [5.74, 6) is 1.56. The molecule has 2 N–H and O–H groups in total. The van der Waals surface area contributed by atoms with E-state index in [2.05, 4.69) is 0 Å². The van der Waals surface area contributed by atoms with Gasteiger partial charge >= 0.3 is 0 Å². The first kappa shape index (κ1) is 15.4. The normalized spacial score (nSPS) is 12.0. The molecule has 0 bridgehead atoms. The quantitative estimate of drug-likeness (QED) is 0.846. The topological polar surface area (TPSA) is 44.5 Å². The molecule has 2 rings (SSSR count). The van der Waals surface area contributed by atoms with E-state index in [1.165, 1.54) is 5.56 Å². The highest BCUT2D eigenvalue weighted by Gasteiger charge is 2.08. The van der Waals surface area contributed by atoms with Crippen LogP contribution in [0.3, 0.4) is 0 Å². The van der Waals surface area contributed by atoms with E-state index < -0.39 is 0 Å². The average molecular weight is 285 g/mol. The van der Waals surface area contributed by atoms with Crippen LogP contribution in [0.15, 0.2) is 48.5 Å². The van der Waals surface area contributed by atoms with Gasteiger partial charge in [-0.05, 0) is 43.5 Å². The Bertz CT molecular complexity index is 552. The van der Waals surface area contributed by atoms with Gasteiger partial charge in [0, 0.05) is 6.04 Å². The van der Waals surface area contributed by atoms with Gasteiger partial charge < -0.3 is 15.2 Å². The molecule has 0 saturated carbocycles. The Morgan fingerprint density at radius 3 is 2.38 bits per heavy atom. The van der Waals surface area contributed by atoms with Crippen LogP contribution >= 0.6 is 0 Å². The van der Waals surface area contributed by atoms with Gasteiger partial charge in [-0.1, -0.05) is 36.4 Å². The lowest BCUT2D eigenvalue weighted by Gasteiger charge is -2.14. The Morgan fingerprint density at radius 2 is 1.71 bits per heavy atom. The smallest absolute Gasteiger partial charge is 0.161 e. The lowest BCUT2D eigenvalue weighted by molar-refractivity contribution is 0.269. The molecule has 0 spiro atoms. The molecule has 112 valence electrons. The van der Waals surface area contributed by atoms with Gasteiger partial charge in [0.1, 0.15) is 6.61 Å². The van der Waals surface area contributed by atoms with E-state index >= 15 is 0 Å². The van der Waals surface area contributed by atoms with Crippen LogP contribution in [0.25, 0.3) is 0 Å². The first-order valence-electron chi connectivity index (χ1n) is 7.37. The van der Waals surface area contributed by atoms with Crippen molar-refractivity contribution >= 4 is 0 Å². The third-order valence-electron chi connectivity index (χ3n) is 3.10. The molecule has 1 atom stereocenters. The summed E-state index contributed by atoms with van der Waals surface area (Å²) in [6.45, 7) is 5.12. The van der Waals surface area contributed by atoms with Gasteiger partial charge in [0.2, 0.25) is 0 Å². The van der Waals surface area contributed by atoms with Gasteiger partial charge in [-0.15, -0.1) is 0 Å². The third kappa shape index (κ3) is 4.80. The zero-order valence-electron chi connectivity index (χ0n) is 12.7. The Kier molecular flexibility index (Phi) is 5.64.